The Balaban J connectivity index is 2.13. The van der Waals surface area contributed by atoms with Crippen LogP contribution < -0.4 is 11.1 Å². The summed E-state index contributed by atoms with van der Waals surface area (Å²) in [5, 5.41) is 2.75. The summed E-state index contributed by atoms with van der Waals surface area (Å²) < 4.78 is 0. The van der Waals surface area contributed by atoms with Crippen LogP contribution in [0.2, 0.25) is 0 Å². The number of carbonyl (C=O) groups excluding carboxylic acids is 2. The summed E-state index contributed by atoms with van der Waals surface area (Å²) in [5.41, 5.74) is 5.19. The summed E-state index contributed by atoms with van der Waals surface area (Å²) in [4.78, 5) is 23.9. The van der Waals surface area contributed by atoms with E-state index in [1.807, 2.05) is 0 Å². The molecule has 3 amide bonds. The second-order valence-electron chi connectivity index (χ2n) is 3.60. The van der Waals surface area contributed by atoms with Gasteiger partial charge in [-0.3, -0.25) is 4.79 Å². The van der Waals surface area contributed by atoms with Crippen molar-refractivity contribution in [3.8, 4) is 0 Å². The molecule has 1 aliphatic heterocycles. The lowest BCUT2D eigenvalue weighted by atomic mass is 10.1. The number of piperazine rings is 1. The van der Waals surface area contributed by atoms with Gasteiger partial charge in [-0.05, 0) is 18.8 Å². The number of urea groups is 1. The Morgan fingerprint density at radius 3 is 2.77 bits per heavy atom. The molecule has 1 atom stereocenters. The maximum Gasteiger partial charge on any atom is 0.315 e. The number of nitrogens with two attached hydrogens (primary N) is 1. The van der Waals surface area contributed by atoms with Crippen LogP contribution in [0, 0.1) is 5.92 Å². The predicted molar refractivity (Wildman–Crippen MR) is 45.8 cm³/mol. The molecular formula is C8H13N3O2. The molecule has 1 unspecified atom stereocenters. The zero-order valence-electron chi connectivity index (χ0n) is 7.32. The first-order chi connectivity index (χ1) is 6.20. The van der Waals surface area contributed by atoms with Crippen LogP contribution in [-0.4, -0.2) is 36.0 Å². The highest BCUT2D eigenvalue weighted by Gasteiger charge is 2.43. The number of hydrogen-bond acceptors (Lipinski definition) is 2. The van der Waals surface area contributed by atoms with Crippen molar-refractivity contribution in [1.29, 1.82) is 0 Å². The monoisotopic (exact) mass is 183 g/mol. The van der Waals surface area contributed by atoms with E-state index in [0.717, 1.165) is 12.8 Å². The van der Waals surface area contributed by atoms with Crippen molar-refractivity contribution in [2.75, 3.05) is 13.1 Å². The van der Waals surface area contributed by atoms with Crippen molar-refractivity contribution in [3.63, 3.8) is 0 Å². The van der Waals surface area contributed by atoms with Gasteiger partial charge < -0.3 is 16.0 Å². The lowest BCUT2D eigenvalue weighted by molar-refractivity contribution is -0.128. The minimum atomic E-state index is -0.480. The average Bonchev–Trinajstić information content (AvgIpc) is 2.86. The van der Waals surface area contributed by atoms with E-state index in [9.17, 15) is 9.59 Å². The third-order valence-corrected chi connectivity index (χ3v) is 2.61. The fourth-order valence-corrected chi connectivity index (χ4v) is 1.81. The van der Waals surface area contributed by atoms with Gasteiger partial charge in [-0.1, -0.05) is 0 Å². The Labute approximate surface area is 76.3 Å². The molecule has 1 heterocycles. The number of rotatable bonds is 1. The molecule has 0 aromatic heterocycles. The quantitative estimate of drug-likeness (QED) is 0.562. The molecule has 72 valence electrons. The van der Waals surface area contributed by atoms with Gasteiger partial charge in [-0.2, -0.15) is 0 Å². The van der Waals surface area contributed by atoms with E-state index >= 15 is 0 Å². The first kappa shape index (κ1) is 8.34. The predicted octanol–water partition coefficient (Wildman–Crippen LogP) is -0.725. The van der Waals surface area contributed by atoms with Gasteiger partial charge in [0, 0.05) is 13.1 Å². The first-order valence-electron chi connectivity index (χ1n) is 4.54. The number of carbonyl (C=O) groups is 2. The van der Waals surface area contributed by atoms with E-state index in [-0.39, 0.29) is 11.9 Å². The fraction of sp³-hybridized carbons (Fsp3) is 0.750. The SMILES string of the molecule is NC(=O)N1CCNC(=O)C1C1CC1. The van der Waals surface area contributed by atoms with E-state index in [0.29, 0.717) is 19.0 Å². The minimum absolute atomic E-state index is 0.0486. The summed E-state index contributed by atoms with van der Waals surface area (Å²) in [5.74, 6) is 0.292. The Morgan fingerprint density at radius 2 is 2.23 bits per heavy atom. The van der Waals surface area contributed by atoms with E-state index in [1.54, 1.807) is 0 Å². The van der Waals surface area contributed by atoms with Crippen LogP contribution in [0.15, 0.2) is 0 Å². The highest BCUT2D eigenvalue weighted by atomic mass is 16.2. The van der Waals surface area contributed by atoms with E-state index in [1.165, 1.54) is 4.90 Å². The lowest BCUT2D eigenvalue weighted by Crippen LogP contribution is -2.59. The number of nitrogens with one attached hydrogen (secondary N) is 1. The van der Waals surface area contributed by atoms with Crippen LogP contribution in [0.3, 0.4) is 0 Å². The Morgan fingerprint density at radius 1 is 1.54 bits per heavy atom. The molecule has 1 saturated carbocycles. The second kappa shape index (κ2) is 2.90. The summed E-state index contributed by atoms with van der Waals surface area (Å²) in [7, 11) is 0. The standard InChI is InChI=1S/C8H13N3O2/c9-8(13)11-4-3-10-7(12)6(11)5-1-2-5/h5-6H,1-4H2,(H2,9,13)(H,10,12). The Bertz CT molecular complexity index is 250. The summed E-state index contributed by atoms with van der Waals surface area (Å²) in [6, 6.07) is -0.780. The molecule has 1 saturated heterocycles. The fourth-order valence-electron chi connectivity index (χ4n) is 1.81. The minimum Gasteiger partial charge on any atom is -0.353 e. The molecule has 0 aromatic carbocycles. The molecule has 0 bridgehead atoms. The van der Waals surface area contributed by atoms with Gasteiger partial charge in [0.25, 0.3) is 0 Å². The highest BCUT2D eigenvalue weighted by Crippen LogP contribution is 2.36. The van der Waals surface area contributed by atoms with Gasteiger partial charge in [0.05, 0.1) is 0 Å². The van der Waals surface area contributed by atoms with Crippen LogP contribution in [0.25, 0.3) is 0 Å². The number of hydrogen-bond donors (Lipinski definition) is 2. The summed E-state index contributed by atoms with van der Waals surface area (Å²) in [6.45, 7) is 1.06. The Hall–Kier alpha value is -1.26. The molecule has 0 spiro atoms. The molecule has 2 aliphatic rings. The molecule has 2 fully saturated rings. The van der Waals surface area contributed by atoms with Crippen molar-refractivity contribution >= 4 is 11.9 Å². The zero-order valence-corrected chi connectivity index (χ0v) is 7.32. The molecule has 13 heavy (non-hydrogen) atoms. The molecule has 0 aromatic rings. The summed E-state index contributed by atoms with van der Waals surface area (Å²) >= 11 is 0. The topological polar surface area (TPSA) is 75.4 Å². The molecule has 3 N–H and O–H groups in total. The van der Waals surface area contributed by atoms with Gasteiger partial charge in [0.1, 0.15) is 6.04 Å². The zero-order chi connectivity index (χ0) is 9.42. The van der Waals surface area contributed by atoms with Crippen molar-refractivity contribution in [1.82, 2.24) is 10.2 Å². The number of primary amides is 1. The molecule has 2 rings (SSSR count). The normalized spacial score (nSPS) is 28.5. The average molecular weight is 183 g/mol. The number of nitrogens with zero attached hydrogens (tertiary/aromatic N) is 1. The third kappa shape index (κ3) is 1.46. The van der Waals surface area contributed by atoms with Crippen LogP contribution in [0.1, 0.15) is 12.8 Å². The van der Waals surface area contributed by atoms with Crippen LogP contribution >= 0.6 is 0 Å². The van der Waals surface area contributed by atoms with Crippen molar-refractivity contribution < 1.29 is 9.59 Å². The van der Waals surface area contributed by atoms with Gasteiger partial charge >= 0.3 is 6.03 Å². The van der Waals surface area contributed by atoms with E-state index in [2.05, 4.69) is 5.32 Å². The van der Waals surface area contributed by atoms with Crippen molar-refractivity contribution in [2.45, 2.75) is 18.9 Å². The smallest absolute Gasteiger partial charge is 0.315 e. The third-order valence-electron chi connectivity index (χ3n) is 2.61. The maximum absolute atomic E-state index is 11.4. The van der Waals surface area contributed by atoms with Crippen molar-refractivity contribution in [3.05, 3.63) is 0 Å². The molecule has 1 aliphatic carbocycles. The highest BCUT2D eigenvalue weighted by molar-refractivity contribution is 5.88. The first-order valence-corrected chi connectivity index (χ1v) is 4.54. The van der Waals surface area contributed by atoms with Crippen molar-refractivity contribution in [2.24, 2.45) is 11.7 Å². The van der Waals surface area contributed by atoms with Gasteiger partial charge in [0.15, 0.2) is 0 Å². The van der Waals surface area contributed by atoms with Crippen LogP contribution in [0.5, 0.6) is 0 Å². The van der Waals surface area contributed by atoms with Gasteiger partial charge in [-0.15, -0.1) is 0 Å². The summed E-state index contributed by atoms with van der Waals surface area (Å²) in [6.07, 6.45) is 2.06. The largest absolute Gasteiger partial charge is 0.353 e. The molecule has 0 radical (unpaired) electrons. The van der Waals surface area contributed by atoms with Crippen LogP contribution in [-0.2, 0) is 4.79 Å². The molecule has 5 heteroatoms. The Kier molecular flexibility index (Phi) is 1.86. The maximum atomic E-state index is 11.4. The van der Waals surface area contributed by atoms with E-state index < -0.39 is 6.03 Å². The van der Waals surface area contributed by atoms with Gasteiger partial charge in [-0.25, -0.2) is 4.79 Å². The van der Waals surface area contributed by atoms with Crippen LogP contribution in [0.4, 0.5) is 4.79 Å². The van der Waals surface area contributed by atoms with Gasteiger partial charge in [0.2, 0.25) is 5.91 Å². The lowest BCUT2D eigenvalue weighted by Gasteiger charge is -2.33. The van der Waals surface area contributed by atoms with E-state index in [4.69, 9.17) is 5.73 Å². The second-order valence-corrected chi connectivity index (χ2v) is 3.60. The number of amides is 3. The molecule has 5 nitrogen and oxygen atoms in total. The molecular weight excluding hydrogens is 170 g/mol.